The summed E-state index contributed by atoms with van der Waals surface area (Å²) >= 11 is 0. The molecule has 1 aromatic rings. The number of nitrogens with zero attached hydrogens (tertiary/aromatic N) is 1. The second-order valence-electron chi connectivity index (χ2n) is 1.54. The third-order valence-corrected chi connectivity index (χ3v) is 0.931. The Morgan fingerprint density at radius 1 is 1.09 bits per heavy atom. The zero-order valence-corrected chi connectivity index (χ0v) is 7.19. The molecule has 0 aliphatic carbocycles. The number of para-hydroxylation sites is 1. The van der Waals surface area contributed by atoms with Crippen molar-refractivity contribution in [2.24, 2.45) is 4.99 Å². The quantitative estimate of drug-likeness (QED) is 0.496. The van der Waals surface area contributed by atoms with E-state index in [1.165, 1.54) is 6.08 Å². The molecule has 0 bridgehead atoms. The van der Waals surface area contributed by atoms with Gasteiger partial charge in [0.2, 0.25) is 6.08 Å². The molecule has 0 atom stereocenters. The Morgan fingerprint density at radius 3 is 2.09 bits per heavy atom. The van der Waals surface area contributed by atoms with Gasteiger partial charge in [0, 0.05) is 0 Å². The number of hydrogen-bond donors (Lipinski definition) is 0. The molecule has 0 saturated carbocycles. The zero-order valence-electron chi connectivity index (χ0n) is 5.56. The molecule has 0 saturated heterocycles. The van der Waals surface area contributed by atoms with E-state index < -0.39 is 0 Å². The molecule has 1 aromatic carbocycles. The molecule has 1 rings (SSSR count). The van der Waals surface area contributed by atoms with E-state index in [4.69, 9.17) is 0 Å². The Labute approximate surface area is 77.2 Å². The maximum Gasteiger partial charge on any atom is 0.240 e. The fourth-order valence-corrected chi connectivity index (χ4v) is 0.555. The summed E-state index contributed by atoms with van der Waals surface area (Å²) in [5.41, 5.74) is 0.646. The van der Waals surface area contributed by atoms with Gasteiger partial charge in [-0.15, -0.1) is 24.8 Å². The molecular formula is C7H7Cl2NO. The first-order valence-electron chi connectivity index (χ1n) is 2.56. The zero-order chi connectivity index (χ0) is 6.53. The van der Waals surface area contributed by atoms with E-state index >= 15 is 0 Å². The highest BCUT2D eigenvalue weighted by atomic mass is 35.5. The summed E-state index contributed by atoms with van der Waals surface area (Å²) in [5, 5.41) is 0. The van der Waals surface area contributed by atoms with Crippen molar-refractivity contribution in [1.29, 1.82) is 0 Å². The van der Waals surface area contributed by atoms with Gasteiger partial charge < -0.3 is 0 Å². The first kappa shape index (κ1) is 12.8. The van der Waals surface area contributed by atoms with Gasteiger partial charge >= 0.3 is 0 Å². The van der Waals surface area contributed by atoms with Crippen LogP contribution in [0, 0.1) is 0 Å². The van der Waals surface area contributed by atoms with E-state index in [9.17, 15) is 4.79 Å². The summed E-state index contributed by atoms with van der Waals surface area (Å²) in [6.45, 7) is 0. The number of hydrogen-bond acceptors (Lipinski definition) is 2. The fraction of sp³-hybridized carbons (Fsp3) is 0. The summed E-state index contributed by atoms with van der Waals surface area (Å²) in [6, 6.07) is 8.98. The number of benzene rings is 1. The average Bonchev–Trinajstić information content (AvgIpc) is 1.91. The smallest absolute Gasteiger partial charge is 0.211 e. The monoisotopic (exact) mass is 191 g/mol. The van der Waals surface area contributed by atoms with E-state index in [1.54, 1.807) is 12.1 Å². The van der Waals surface area contributed by atoms with Gasteiger partial charge in [-0.3, -0.25) is 0 Å². The predicted molar refractivity (Wildman–Crippen MR) is 48.7 cm³/mol. The van der Waals surface area contributed by atoms with Gasteiger partial charge in [-0.05, 0) is 12.1 Å². The standard InChI is InChI=1S/C7H5NO.2ClH/c9-6-8-7-4-2-1-3-5-7;;/h1-5H;2*1H. The Kier molecular flexibility index (Phi) is 8.50. The second-order valence-corrected chi connectivity index (χ2v) is 1.54. The fourth-order valence-electron chi connectivity index (χ4n) is 0.555. The highest BCUT2D eigenvalue weighted by Gasteiger charge is 1.79. The van der Waals surface area contributed by atoms with Crippen LogP contribution in [0.3, 0.4) is 0 Å². The van der Waals surface area contributed by atoms with Gasteiger partial charge in [-0.25, -0.2) is 4.79 Å². The van der Waals surface area contributed by atoms with Crippen LogP contribution in [0.1, 0.15) is 0 Å². The lowest BCUT2D eigenvalue weighted by atomic mass is 10.3. The van der Waals surface area contributed by atoms with E-state index in [-0.39, 0.29) is 24.8 Å². The van der Waals surface area contributed by atoms with Crippen molar-refractivity contribution < 1.29 is 4.79 Å². The van der Waals surface area contributed by atoms with Crippen LogP contribution in [-0.2, 0) is 4.79 Å². The summed E-state index contributed by atoms with van der Waals surface area (Å²) in [7, 11) is 0. The lowest BCUT2D eigenvalue weighted by molar-refractivity contribution is 0.565. The summed E-state index contributed by atoms with van der Waals surface area (Å²) in [6.07, 6.45) is 1.46. The van der Waals surface area contributed by atoms with Gasteiger partial charge in [-0.1, -0.05) is 18.2 Å². The molecule has 0 heterocycles. The van der Waals surface area contributed by atoms with Crippen LogP contribution in [-0.4, -0.2) is 6.08 Å². The molecule has 0 amide bonds. The van der Waals surface area contributed by atoms with Crippen LogP contribution in [0.2, 0.25) is 0 Å². The van der Waals surface area contributed by atoms with Crippen molar-refractivity contribution in [2.45, 2.75) is 0 Å². The Hall–Kier alpha value is -0.820. The molecule has 11 heavy (non-hydrogen) atoms. The van der Waals surface area contributed by atoms with Crippen LogP contribution in [0.4, 0.5) is 5.69 Å². The lowest BCUT2D eigenvalue weighted by Crippen LogP contribution is -1.59. The molecule has 0 aliphatic rings. The maximum absolute atomic E-state index is 9.68. The number of isocyanates is 1. The molecule has 0 radical (unpaired) electrons. The minimum Gasteiger partial charge on any atom is -0.211 e. The third-order valence-electron chi connectivity index (χ3n) is 0.931. The van der Waals surface area contributed by atoms with Crippen molar-refractivity contribution >= 4 is 36.6 Å². The molecule has 0 aliphatic heterocycles. The molecule has 0 fully saturated rings. The first-order valence-corrected chi connectivity index (χ1v) is 2.56. The van der Waals surface area contributed by atoms with Crippen LogP contribution < -0.4 is 0 Å². The highest BCUT2D eigenvalue weighted by molar-refractivity contribution is 5.85. The van der Waals surface area contributed by atoms with Crippen LogP contribution in [0.5, 0.6) is 0 Å². The average molecular weight is 192 g/mol. The summed E-state index contributed by atoms with van der Waals surface area (Å²) in [4.78, 5) is 13.1. The second kappa shape index (κ2) is 7.29. The van der Waals surface area contributed by atoms with Gasteiger partial charge in [0.15, 0.2) is 0 Å². The predicted octanol–water partition coefficient (Wildman–Crippen LogP) is 2.50. The van der Waals surface area contributed by atoms with Gasteiger partial charge in [0.1, 0.15) is 0 Å². The maximum atomic E-state index is 9.68. The largest absolute Gasteiger partial charge is 0.240 e. The van der Waals surface area contributed by atoms with Crippen LogP contribution in [0.25, 0.3) is 0 Å². The topological polar surface area (TPSA) is 29.4 Å². The van der Waals surface area contributed by atoms with Gasteiger partial charge in [0.25, 0.3) is 0 Å². The molecule has 0 N–H and O–H groups in total. The summed E-state index contributed by atoms with van der Waals surface area (Å²) in [5.74, 6) is 0. The van der Waals surface area contributed by atoms with E-state index in [0.717, 1.165) is 0 Å². The molecule has 4 heteroatoms. The Balaban J connectivity index is 0. The molecule has 0 spiro atoms. The molecule has 2 nitrogen and oxygen atoms in total. The molecule has 60 valence electrons. The number of aliphatic imine (C=N–C) groups is 1. The van der Waals surface area contributed by atoms with Crippen molar-refractivity contribution in [3.05, 3.63) is 30.3 Å². The molecule has 0 unspecified atom stereocenters. The van der Waals surface area contributed by atoms with Gasteiger partial charge in [0.05, 0.1) is 5.69 Å². The van der Waals surface area contributed by atoms with E-state index in [2.05, 4.69) is 4.99 Å². The normalized spacial score (nSPS) is 6.55. The van der Waals surface area contributed by atoms with Crippen molar-refractivity contribution in [2.75, 3.05) is 0 Å². The highest BCUT2D eigenvalue weighted by Crippen LogP contribution is 2.06. The number of halogens is 2. The Morgan fingerprint density at radius 2 is 1.64 bits per heavy atom. The van der Waals surface area contributed by atoms with Crippen molar-refractivity contribution in [3.8, 4) is 0 Å². The van der Waals surface area contributed by atoms with E-state index in [0.29, 0.717) is 5.69 Å². The van der Waals surface area contributed by atoms with Crippen LogP contribution in [0.15, 0.2) is 35.3 Å². The molecule has 0 aromatic heterocycles. The number of carbonyl (C=O) groups excluding carboxylic acids is 1. The van der Waals surface area contributed by atoms with Crippen LogP contribution >= 0.6 is 24.8 Å². The lowest BCUT2D eigenvalue weighted by Gasteiger charge is -1.83. The Bertz CT molecular complexity index is 231. The molecular weight excluding hydrogens is 185 g/mol. The van der Waals surface area contributed by atoms with Gasteiger partial charge in [-0.2, -0.15) is 4.99 Å². The van der Waals surface area contributed by atoms with Crippen molar-refractivity contribution in [1.82, 2.24) is 0 Å². The SMILES string of the molecule is Cl.Cl.O=C=Nc1ccccc1. The number of rotatable bonds is 1. The first-order chi connectivity index (χ1) is 4.43. The summed E-state index contributed by atoms with van der Waals surface area (Å²) < 4.78 is 0. The van der Waals surface area contributed by atoms with Crippen molar-refractivity contribution in [3.63, 3.8) is 0 Å². The third kappa shape index (κ3) is 4.57. The minimum absolute atomic E-state index is 0. The van der Waals surface area contributed by atoms with E-state index in [1.807, 2.05) is 18.2 Å². The minimum atomic E-state index is 0.